The van der Waals surface area contributed by atoms with Crippen molar-refractivity contribution in [1.29, 1.82) is 0 Å². The number of ether oxygens (including phenoxy) is 3. The molecule has 0 saturated heterocycles. The van der Waals surface area contributed by atoms with Gasteiger partial charge in [0, 0.05) is 52.0 Å². The van der Waals surface area contributed by atoms with E-state index in [0.717, 1.165) is 0 Å². The van der Waals surface area contributed by atoms with Gasteiger partial charge >= 0.3 is 0 Å². The smallest absolute Gasteiger partial charge is 0.277 e. The molecule has 3 rings (SSSR count). The summed E-state index contributed by atoms with van der Waals surface area (Å²) in [6.45, 7) is 6.39. The Kier molecular flexibility index (Phi) is 9.05. The molecule has 11 heteroatoms. The molecular weight excluding hydrogens is 468 g/mol. The van der Waals surface area contributed by atoms with Gasteiger partial charge in [0.25, 0.3) is 11.8 Å². The monoisotopic (exact) mass is 502 g/mol. The molecular formula is C25H34N4O7. The third kappa shape index (κ3) is 6.41. The van der Waals surface area contributed by atoms with E-state index in [0.29, 0.717) is 30.3 Å². The second kappa shape index (κ2) is 12.0. The SMILES string of the molecule is COCC(=O)N1C[C@H](C)[C@H](OC)CN(C)C(=O)c2cc(NC(=O)c3cc(C)on3)ccc2OC[C@@H]1C. The number of hydrogen-bond donors (Lipinski definition) is 1. The van der Waals surface area contributed by atoms with Gasteiger partial charge in [-0.15, -0.1) is 0 Å². The molecule has 0 saturated carbocycles. The van der Waals surface area contributed by atoms with Crippen LogP contribution >= 0.6 is 0 Å². The lowest BCUT2D eigenvalue weighted by Gasteiger charge is -2.36. The number of aromatic nitrogens is 1. The second-order valence-electron chi connectivity index (χ2n) is 9.06. The summed E-state index contributed by atoms with van der Waals surface area (Å²) in [7, 11) is 4.75. The van der Waals surface area contributed by atoms with Crippen molar-refractivity contribution in [3.63, 3.8) is 0 Å². The number of hydrogen-bond acceptors (Lipinski definition) is 8. The normalized spacial score (nSPS) is 21.2. The predicted molar refractivity (Wildman–Crippen MR) is 131 cm³/mol. The summed E-state index contributed by atoms with van der Waals surface area (Å²) in [6, 6.07) is 6.06. The number of fused-ring (bicyclic) bond motifs is 1. The first-order chi connectivity index (χ1) is 17.1. The number of nitrogens with zero attached hydrogens (tertiary/aromatic N) is 3. The molecule has 0 radical (unpaired) electrons. The van der Waals surface area contributed by atoms with Gasteiger partial charge in [-0.25, -0.2) is 0 Å². The molecule has 3 amide bonds. The molecule has 0 unspecified atom stereocenters. The fourth-order valence-corrected chi connectivity index (χ4v) is 4.08. The molecule has 1 aromatic heterocycles. The maximum atomic E-state index is 13.4. The van der Waals surface area contributed by atoms with Gasteiger partial charge in [-0.2, -0.15) is 0 Å². The summed E-state index contributed by atoms with van der Waals surface area (Å²) in [4.78, 5) is 42.0. The maximum absolute atomic E-state index is 13.4. The first kappa shape index (κ1) is 27.2. The number of likely N-dealkylation sites (N-methyl/N-ethyl adjacent to an activating group) is 1. The van der Waals surface area contributed by atoms with Crippen LogP contribution in [0.15, 0.2) is 28.8 Å². The summed E-state index contributed by atoms with van der Waals surface area (Å²) in [6.07, 6.45) is -0.314. The minimum absolute atomic E-state index is 0.0439. The molecule has 1 N–H and O–H groups in total. The Labute approximate surface area is 210 Å². The lowest BCUT2D eigenvalue weighted by atomic mass is 10.0. The van der Waals surface area contributed by atoms with E-state index in [1.165, 1.54) is 13.2 Å². The van der Waals surface area contributed by atoms with Gasteiger partial charge in [0.05, 0.1) is 17.7 Å². The topological polar surface area (TPSA) is 123 Å². The number of amides is 3. The van der Waals surface area contributed by atoms with Gasteiger partial charge in [0.15, 0.2) is 5.69 Å². The molecule has 196 valence electrons. The summed E-state index contributed by atoms with van der Waals surface area (Å²) >= 11 is 0. The van der Waals surface area contributed by atoms with Crippen molar-refractivity contribution in [2.75, 3.05) is 52.9 Å². The van der Waals surface area contributed by atoms with Gasteiger partial charge < -0.3 is 33.9 Å². The number of anilines is 1. The van der Waals surface area contributed by atoms with Gasteiger partial charge in [0.1, 0.15) is 24.7 Å². The van der Waals surface area contributed by atoms with E-state index in [1.807, 2.05) is 13.8 Å². The number of methoxy groups -OCH3 is 2. The number of aryl methyl sites for hydroxylation is 1. The van der Waals surface area contributed by atoms with Crippen molar-refractivity contribution < 1.29 is 33.1 Å². The Morgan fingerprint density at radius 3 is 2.58 bits per heavy atom. The van der Waals surface area contributed by atoms with Crippen LogP contribution in [-0.2, 0) is 14.3 Å². The van der Waals surface area contributed by atoms with Crippen LogP contribution in [0.4, 0.5) is 5.69 Å². The van der Waals surface area contributed by atoms with Crippen LogP contribution in [-0.4, -0.2) is 92.4 Å². The third-order valence-electron chi connectivity index (χ3n) is 6.15. The van der Waals surface area contributed by atoms with Crippen molar-refractivity contribution in [3.05, 3.63) is 41.3 Å². The molecule has 0 aliphatic carbocycles. The predicted octanol–water partition coefficient (Wildman–Crippen LogP) is 2.21. The van der Waals surface area contributed by atoms with Crippen molar-refractivity contribution in [3.8, 4) is 5.75 Å². The molecule has 1 aliphatic rings. The lowest BCUT2D eigenvalue weighted by molar-refractivity contribution is -0.139. The minimum Gasteiger partial charge on any atom is -0.491 e. The van der Waals surface area contributed by atoms with E-state index >= 15 is 0 Å². The van der Waals surface area contributed by atoms with Crippen LogP contribution in [0.1, 0.15) is 40.5 Å². The minimum atomic E-state index is -0.462. The lowest BCUT2D eigenvalue weighted by Crippen LogP contribution is -2.49. The number of carbonyl (C=O) groups is 3. The summed E-state index contributed by atoms with van der Waals surface area (Å²) < 4.78 is 21.8. The Morgan fingerprint density at radius 1 is 1.19 bits per heavy atom. The van der Waals surface area contributed by atoms with Crippen molar-refractivity contribution in [2.45, 2.75) is 32.9 Å². The van der Waals surface area contributed by atoms with Crippen molar-refractivity contribution in [1.82, 2.24) is 15.0 Å². The van der Waals surface area contributed by atoms with Gasteiger partial charge in [0.2, 0.25) is 5.91 Å². The average Bonchev–Trinajstić information content (AvgIpc) is 3.29. The fourth-order valence-electron chi connectivity index (χ4n) is 4.08. The Hall–Kier alpha value is -3.44. The van der Waals surface area contributed by atoms with Crippen molar-refractivity contribution in [2.24, 2.45) is 5.92 Å². The quantitative estimate of drug-likeness (QED) is 0.660. The second-order valence-corrected chi connectivity index (χ2v) is 9.06. The summed E-state index contributed by atoms with van der Waals surface area (Å²) in [5.41, 5.74) is 0.807. The van der Waals surface area contributed by atoms with Crippen LogP contribution in [0.5, 0.6) is 5.75 Å². The van der Waals surface area contributed by atoms with E-state index in [9.17, 15) is 14.4 Å². The fraction of sp³-hybridized carbons (Fsp3) is 0.520. The van der Waals surface area contributed by atoms with Crippen LogP contribution < -0.4 is 10.1 Å². The average molecular weight is 503 g/mol. The molecule has 1 aromatic carbocycles. The zero-order chi connectivity index (χ0) is 26.4. The molecule has 2 heterocycles. The Balaban J connectivity index is 1.93. The maximum Gasteiger partial charge on any atom is 0.277 e. The Morgan fingerprint density at radius 2 is 1.94 bits per heavy atom. The van der Waals surface area contributed by atoms with Crippen LogP contribution in [0.3, 0.4) is 0 Å². The van der Waals surface area contributed by atoms with E-state index in [4.69, 9.17) is 18.7 Å². The zero-order valence-corrected chi connectivity index (χ0v) is 21.6. The van der Waals surface area contributed by atoms with Crippen LogP contribution in [0.2, 0.25) is 0 Å². The summed E-state index contributed by atoms with van der Waals surface area (Å²) in [5, 5.41) is 6.46. The first-order valence-electron chi connectivity index (χ1n) is 11.7. The highest BCUT2D eigenvalue weighted by Crippen LogP contribution is 2.27. The first-order valence-corrected chi connectivity index (χ1v) is 11.7. The molecule has 36 heavy (non-hydrogen) atoms. The number of nitrogens with one attached hydrogen (secondary N) is 1. The molecule has 11 nitrogen and oxygen atoms in total. The molecule has 0 bridgehead atoms. The molecule has 0 fully saturated rings. The highest BCUT2D eigenvalue weighted by atomic mass is 16.5. The molecule has 3 atom stereocenters. The van der Waals surface area contributed by atoms with Gasteiger partial charge in [-0.1, -0.05) is 12.1 Å². The highest BCUT2D eigenvalue weighted by Gasteiger charge is 2.30. The van der Waals surface area contributed by atoms with Gasteiger partial charge in [-0.05, 0) is 32.0 Å². The largest absolute Gasteiger partial charge is 0.491 e. The number of carbonyl (C=O) groups excluding carboxylic acids is 3. The molecule has 1 aliphatic heterocycles. The standard InChI is InChI=1S/C25H34N4O7/c1-15-11-29(23(30)14-33-5)16(2)13-35-21-8-7-18(26-24(31)20-9-17(3)36-27-20)10-19(21)25(32)28(4)12-22(15)34-6/h7-10,15-16,22H,11-14H2,1-6H3,(H,26,31)/t15-,16-,22+/m0/s1. The van der Waals surface area contributed by atoms with Gasteiger partial charge in [-0.3, -0.25) is 14.4 Å². The van der Waals surface area contributed by atoms with E-state index in [2.05, 4.69) is 10.5 Å². The van der Waals surface area contributed by atoms with Crippen LogP contribution in [0, 0.1) is 12.8 Å². The summed E-state index contributed by atoms with van der Waals surface area (Å²) in [5.74, 6) is -0.112. The third-order valence-corrected chi connectivity index (χ3v) is 6.15. The zero-order valence-electron chi connectivity index (χ0n) is 21.6. The van der Waals surface area contributed by atoms with Crippen molar-refractivity contribution >= 4 is 23.4 Å². The molecule has 0 spiro atoms. The van der Waals surface area contributed by atoms with E-state index in [1.54, 1.807) is 49.1 Å². The van der Waals surface area contributed by atoms with E-state index in [-0.39, 0.29) is 54.3 Å². The highest BCUT2D eigenvalue weighted by molar-refractivity contribution is 6.04. The van der Waals surface area contributed by atoms with E-state index < -0.39 is 5.91 Å². The van der Waals surface area contributed by atoms with Crippen LogP contribution in [0.25, 0.3) is 0 Å². The molecule has 2 aromatic rings. The number of rotatable bonds is 5. The number of benzene rings is 1. The Bertz CT molecular complexity index is 1090.